The lowest BCUT2D eigenvalue weighted by Gasteiger charge is -2.14. The highest BCUT2D eigenvalue weighted by Gasteiger charge is 2.42. The van der Waals surface area contributed by atoms with Gasteiger partial charge in [-0.15, -0.1) is 0 Å². The molecular formula is C13H18N2O2S. The van der Waals surface area contributed by atoms with E-state index in [9.17, 15) is 4.79 Å². The van der Waals surface area contributed by atoms with Gasteiger partial charge in [0.15, 0.2) is 0 Å². The molecule has 5 heteroatoms. The Kier molecular flexibility index (Phi) is 3.71. The number of ether oxygens (including phenoxy) is 1. The van der Waals surface area contributed by atoms with Crippen molar-refractivity contribution in [2.75, 3.05) is 25.6 Å². The minimum absolute atomic E-state index is 0.125. The number of carbonyl (C=O) groups is 1. The fourth-order valence-corrected chi connectivity index (χ4v) is 2.56. The zero-order valence-corrected chi connectivity index (χ0v) is 11.5. The second-order valence-electron chi connectivity index (χ2n) is 4.53. The van der Waals surface area contributed by atoms with E-state index in [0.717, 1.165) is 0 Å². The lowest BCUT2D eigenvalue weighted by atomic mass is 10.1. The topological polar surface area (TPSA) is 64.3 Å². The number of hydrogen-bond donors (Lipinski definition) is 2. The van der Waals surface area contributed by atoms with Crippen LogP contribution in [0, 0.1) is 0 Å². The first-order chi connectivity index (χ1) is 8.60. The van der Waals surface area contributed by atoms with Gasteiger partial charge in [-0.3, -0.25) is 4.79 Å². The maximum absolute atomic E-state index is 12.1. The van der Waals surface area contributed by atoms with Crippen LogP contribution in [-0.4, -0.2) is 30.6 Å². The molecule has 3 N–H and O–H groups in total. The van der Waals surface area contributed by atoms with Gasteiger partial charge >= 0.3 is 0 Å². The third kappa shape index (κ3) is 2.72. The molecule has 0 saturated heterocycles. The van der Waals surface area contributed by atoms with Gasteiger partial charge in [-0.25, -0.2) is 0 Å². The summed E-state index contributed by atoms with van der Waals surface area (Å²) in [6, 6.07) is 5.08. The van der Waals surface area contributed by atoms with E-state index in [1.807, 2.05) is 11.8 Å². The number of benzene rings is 1. The van der Waals surface area contributed by atoms with Gasteiger partial charge in [0.1, 0.15) is 5.75 Å². The van der Waals surface area contributed by atoms with Crippen LogP contribution in [-0.2, 0) is 0 Å². The number of methoxy groups -OCH3 is 1. The minimum atomic E-state index is -0.125. The molecule has 0 aromatic heterocycles. The highest BCUT2D eigenvalue weighted by molar-refractivity contribution is 8.00. The van der Waals surface area contributed by atoms with Crippen molar-refractivity contribution < 1.29 is 9.53 Å². The van der Waals surface area contributed by atoms with Crippen molar-refractivity contribution in [3.05, 3.63) is 23.8 Å². The first-order valence-electron chi connectivity index (χ1n) is 5.87. The second kappa shape index (κ2) is 5.10. The molecule has 0 unspecified atom stereocenters. The zero-order valence-electron chi connectivity index (χ0n) is 10.7. The van der Waals surface area contributed by atoms with E-state index in [1.54, 1.807) is 25.3 Å². The molecule has 0 aliphatic heterocycles. The first-order valence-corrected chi connectivity index (χ1v) is 7.09. The van der Waals surface area contributed by atoms with Crippen LogP contribution in [0.2, 0.25) is 0 Å². The third-order valence-electron chi connectivity index (χ3n) is 3.28. The van der Waals surface area contributed by atoms with Gasteiger partial charge in [0.05, 0.1) is 12.7 Å². The number of rotatable bonds is 5. The SMILES string of the molecule is COc1ccc(N)cc1C(=O)NCC1(SC)CC1. The molecule has 0 heterocycles. The minimum Gasteiger partial charge on any atom is -0.496 e. The van der Waals surface area contributed by atoms with Crippen LogP contribution in [0.5, 0.6) is 5.75 Å². The van der Waals surface area contributed by atoms with Crippen LogP contribution in [0.15, 0.2) is 18.2 Å². The van der Waals surface area contributed by atoms with Gasteiger partial charge < -0.3 is 15.8 Å². The van der Waals surface area contributed by atoms with E-state index >= 15 is 0 Å². The van der Waals surface area contributed by atoms with E-state index in [0.29, 0.717) is 23.5 Å². The van der Waals surface area contributed by atoms with Crippen molar-refractivity contribution in [2.45, 2.75) is 17.6 Å². The van der Waals surface area contributed by atoms with Crippen LogP contribution in [0.25, 0.3) is 0 Å². The summed E-state index contributed by atoms with van der Waals surface area (Å²) in [5.41, 5.74) is 6.76. The Bertz CT molecular complexity index is 458. The fraction of sp³-hybridized carbons (Fsp3) is 0.462. The summed E-state index contributed by atoms with van der Waals surface area (Å²) < 4.78 is 5.43. The first kappa shape index (κ1) is 13.1. The molecule has 4 nitrogen and oxygen atoms in total. The van der Waals surface area contributed by atoms with Gasteiger partial charge in [-0.1, -0.05) is 0 Å². The second-order valence-corrected chi connectivity index (χ2v) is 5.80. The summed E-state index contributed by atoms with van der Waals surface area (Å²) in [6.07, 6.45) is 4.42. The Morgan fingerprint density at radius 1 is 1.56 bits per heavy atom. The Morgan fingerprint density at radius 3 is 2.83 bits per heavy atom. The standard InChI is InChI=1S/C13H18N2O2S/c1-17-11-4-3-9(14)7-10(11)12(16)15-8-13(18-2)5-6-13/h3-4,7H,5-6,8,14H2,1-2H3,(H,15,16). The summed E-state index contributed by atoms with van der Waals surface area (Å²) >= 11 is 1.82. The summed E-state index contributed by atoms with van der Waals surface area (Å²) in [5.74, 6) is 0.426. The fourth-order valence-electron chi connectivity index (χ4n) is 1.83. The Hall–Kier alpha value is -1.36. The average Bonchev–Trinajstić information content (AvgIpc) is 3.16. The molecule has 1 aliphatic carbocycles. The van der Waals surface area contributed by atoms with Crippen molar-refractivity contribution in [1.29, 1.82) is 0 Å². The van der Waals surface area contributed by atoms with Crippen LogP contribution < -0.4 is 15.8 Å². The molecular weight excluding hydrogens is 248 g/mol. The van der Waals surface area contributed by atoms with Gasteiger partial charge in [0.25, 0.3) is 5.91 Å². The number of nitrogens with two attached hydrogens (primary N) is 1. The molecule has 1 fully saturated rings. The molecule has 2 rings (SSSR count). The number of hydrogen-bond acceptors (Lipinski definition) is 4. The zero-order chi connectivity index (χ0) is 13.2. The van der Waals surface area contributed by atoms with Gasteiger partial charge in [-0.2, -0.15) is 11.8 Å². The monoisotopic (exact) mass is 266 g/mol. The smallest absolute Gasteiger partial charge is 0.255 e. The van der Waals surface area contributed by atoms with E-state index in [1.165, 1.54) is 12.8 Å². The quantitative estimate of drug-likeness (QED) is 0.799. The number of anilines is 1. The molecule has 1 aliphatic rings. The Labute approximate surface area is 111 Å². The molecule has 98 valence electrons. The largest absolute Gasteiger partial charge is 0.496 e. The highest BCUT2D eigenvalue weighted by atomic mass is 32.2. The predicted octanol–water partition coefficient (Wildman–Crippen LogP) is 1.90. The van der Waals surface area contributed by atoms with Crippen LogP contribution in [0.1, 0.15) is 23.2 Å². The van der Waals surface area contributed by atoms with Gasteiger partial charge in [0.2, 0.25) is 0 Å². The highest BCUT2D eigenvalue weighted by Crippen LogP contribution is 2.46. The molecule has 1 aromatic carbocycles. The van der Waals surface area contributed by atoms with Crippen molar-refractivity contribution in [2.24, 2.45) is 0 Å². The van der Waals surface area contributed by atoms with Gasteiger partial charge in [-0.05, 0) is 37.3 Å². The predicted molar refractivity (Wildman–Crippen MR) is 75.2 cm³/mol. The molecule has 1 amide bonds. The Balaban J connectivity index is 2.06. The average molecular weight is 266 g/mol. The normalized spacial score (nSPS) is 16.1. The third-order valence-corrected chi connectivity index (χ3v) is 4.70. The molecule has 0 bridgehead atoms. The van der Waals surface area contributed by atoms with Crippen molar-refractivity contribution in [1.82, 2.24) is 5.32 Å². The van der Waals surface area contributed by atoms with E-state index < -0.39 is 0 Å². The van der Waals surface area contributed by atoms with Crippen molar-refractivity contribution in [3.63, 3.8) is 0 Å². The molecule has 0 radical (unpaired) electrons. The van der Waals surface area contributed by atoms with Crippen LogP contribution in [0.3, 0.4) is 0 Å². The molecule has 1 saturated carbocycles. The van der Waals surface area contributed by atoms with E-state index in [4.69, 9.17) is 10.5 Å². The summed E-state index contributed by atoms with van der Waals surface area (Å²) in [4.78, 5) is 12.1. The molecule has 0 spiro atoms. The number of nitrogens with one attached hydrogen (secondary N) is 1. The molecule has 1 aromatic rings. The lowest BCUT2D eigenvalue weighted by molar-refractivity contribution is 0.0950. The number of thioether (sulfide) groups is 1. The summed E-state index contributed by atoms with van der Waals surface area (Å²) in [7, 11) is 1.55. The summed E-state index contributed by atoms with van der Waals surface area (Å²) in [5, 5.41) is 2.96. The Morgan fingerprint density at radius 2 is 2.28 bits per heavy atom. The van der Waals surface area contributed by atoms with Gasteiger partial charge in [0, 0.05) is 17.0 Å². The van der Waals surface area contributed by atoms with Crippen LogP contribution in [0.4, 0.5) is 5.69 Å². The molecule has 0 atom stereocenters. The lowest BCUT2D eigenvalue weighted by Crippen LogP contribution is -2.31. The number of amides is 1. The van der Waals surface area contributed by atoms with Crippen molar-refractivity contribution >= 4 is 23.4 Å². The maximum Gasteiger partial charge on any atom is 0.255 e. The summed E-state index contributed by atoms with van der Waals surface area (Å²) in [6.45, 7) is 0.699. The maximum atomic E-state index is 12.1. The van der Waals surface area contributed by atoms with E-state index in [2.05, 4.69) is 11.6 Å². The number of nitrogen functional groups attached to an aromatic ring is 1. The molecule has 18 heavy (non-hydrogen) atoms. The van der Waals surface area contributed by atoms with Crippen LogP contribution >= 0.6 is 11.8 Å². The van der Waals surface area contributed by atoms with Crippen molar-refractivity contribution in [3.8, 4) is 5.75 Å². The number of carbonyl (C=O) groups excluding carboxylic acids is 1. The van der Waals surface area contributed by atoms with E-state index in [-0.39, 0.29) is 10.7 Å².